The Morgan fingerprint density at radius 1 is 1.07 bits per heavy atom. The number of carbonyl (C=O) groups is 4. The molecule has 160 valence electrons. The van der Waals surface area contributed by atoms with Gasteiger partial charge in [0.15, 0.2) is 0 Å². The van der Waals surface area contributed by atoms with E-state index in [1.54, 1.807) is 18.2 Å². The smallest absolute Gasteiger partial charge is 0.264 e. The third-order valence-corrected chi connectivity index (χ3v) is 6.21. The van der Waals surface area contributed by atoms with Gasteiger partial charge in [-0.3, -0.25) is 29.4 Å². The van der Waals surface area contributed by atoms with E-state index in [9.17, 15) is 19.2 Å². The molecule has 0 radical (unpaired) electrons. The van der Waals surface area contributed by atoms with E-state index in [1.807, 2.05) is 7.05 Å². The molecule has 9 heteroatoms. The van der Waals surface area contributed by atoms with Crippen molar-refractivity contribution < 1.29 is 19.2 Å². The molecule has 4 rings (SSSR count). The minimum Gasteiger partial charge on any atom is -0.383 e. The highest BCUT2D eigenvalue weighted by Crippen LogP contribution is 2.32. The number of imide groups is 2. The predicted molar refractivity (Wildman–Crippen MR) is 110 cm³/mol. The van der Waals surface area contributed by atoms with E-state index in [-0.39, 0.29) is 18.7 Å². The summed E-state index contributed by atoms with van der Waals surface area (Å²) in [5.41, 5.74) is 1.20. The number of fused-ring (bicyclic) bond motifs is 1. The molecule has 0 bridgehead atoms. The fourth-order valence-electron chi connectivity index (χ4n) is 4.46. The second kappa shape index (κ2) is 8.53. The molecule has 3 aliphatic rings. The van der Waals surface area contributed by atoms with E-state index >= 15 is 0 Å². The molecule has 2 saturated heterocycles. The summed E-state index contributed by atoms with van der Waals surface area (Å²) in [6, 6.07) is 4.75. The first kappa shape index (κ1) is 20.5. The Kier molecular flexibility index (Phi) is 5.83. The van der Waals surface area contributed by atoms with Crippen LogP contribution >= 0.6 is 0 Å². The van der Waals surface area contributed by atoms with Crippen molar-refractivity contribution in [3.05, 3.63) is 29.3 Å². The predicted octanol–water partition coefficient (Wildman–Crippen LogP) is 0.184. The molecular formula is C21H27N5O4. The lowest BCUT2D eigenvalue weighted by Gasteiger charge is -2.31. The molecule has 2 fully saturated rings. The summed E-state index contributed by atoms with van der Waals surface area (Å²) >= 11 is 0. The fourth-order valence-corrected chi connectivity index (χ4v) is 4.46. The highest BCUT2D eigenvalue weighted by atomic mass is 16.2. The Hall–Kier alpha value is -2.78. The van der Waals surface area contributed by atoms with E-state index in [4.69, 9.17) is 0 Å². The van der Waals surface area contributed by atoms with Crippen molar-refractivity contribution in [3.63, 3.8) is 0 Å². The molecule has 1 aromatic rings. The normalized spacial score (nSPS) is 23.0. The summed E-state index contributed by atoms with van der Waals surface area (Å²) < 4.78 is 0. The second-order valence-electron chi connectivity index (χ2n) is 8.01. The van der Waals surface area contributed by atoms with E-state index in [2.05, 4.69) is 20.9 Å². The van der Waals surface area contributed by atoms with Gasteiger partial charge in [0, 0.05) is 31.2 Å². The molecule has 1 unspecified atom stereocenters. The summed E-state index contributed by atoms with van der Waals surface area (Å²) in [7, 11) is 1.99. The van der Waals surface area contributed by atoms with Crippen LogP contribution in [0.1, 0.15) is 46.4 Å². The zero-order chi connectivity index (χ0) is 21.3. The average Bonchev–Trinajstić information content (AvgIpc) is 3.00. The zero-order valence-electron chi connectivity index (χ0n) is 17.1. The van der Waals surface area contributed by atoms with Crippen molar-refractivity contribution in [2.45, 2.75) is 37.8 Å². The zero-order valence-corrected chi connectivity index (χ0v) is 17.1. The van der Waals surface area contributed by atoms with Gasteiger partial charge in [0.1, 0.15) is 6.04 Å². The summed E-state index contributed by atoms with van der Waals surface area (Å²) in [5, 5.41) is 8.83. The lowest BCUT2D eigenvalue weighted by Crippen LogP contribution is -2.54. The molecule has 0 saturated carbocycles. The maximum Gasteiger partial charge on any atom is 0.264 e. The Morgan fingerprint density at radius 3 is 2.53 bits per heavy atom. The quantitative estimate of drug-likeness (QED) is 0.571. The van der Waals surface area contributed by atoms with Gasteiger partial charge >= 0.3 is 0 Å². The topological polar surface area (TPSA) is 111 Å². The highest BCUT2D eigenvalue weighted by Gasteiger charge is 2.45. The van der Waals surface area contributed by atoms with Gasteiger partial charge in [-0.15, -0.1) is 0 Å². The van der Waals surface area contributed by atoms with Gasteiger partial charge in [-0.05, 0) is 51.5 Å². The number of hydrogen-bond acceptors (Lipinski definition) is 7. The molecule has 0 spiro atoms. The van der Waals surface area contributed by atoms with Crippen LogP contribution in [0.5, 0.6) is 0 Å². The van der Waals surface area contributed by atoms with Crippen LogP contribution < -0.4 is 16.0 Å². The summed E-state index contributed by atoms with van der Waals surface area (Å²) in [6.07, 6.45) is 2.50. The maximum absolute atomic E-state index is 13.1. The number of carbonyl (C=O) groups excluding carboxylic acids is 4. The second-order valence-corrected chi connectivity index (χ2v) is 8.01. The Morgan fingerprint density at radius 2 is 1.83 bits per heavy atom. The first-order valence-corrected chi connectivity index (χ1v) is 10.5. The molecule has 9 nitrogen and oxygen atoms in total. The lowest BCUT2D eigenvalue weighted by atomic mass is 10.0. The average molecular weight is 413 g/mol. The molecule has 4 amide bonds. The molecule has 3 aliphatic heterocycles. The number of benzene rings is 1. The molecule has 0 aromatic heterocycles. The number of rotatable bonds is 6. The standard InChI is InChI=1S/C21H27N5O4/c1-22-13-7-10-25(11-8-13)12-9-23-15-4-2-3-14-18(15)21(30)26(20(14)29)16-5-6-17(27)24-19(16)28/h2-4,13,16,22-23H,5-12H2,1H3,(H,24,27,28). The summed E-state index contributed by atoms with van der Waals surface area (Å²) in [6.45, 7) is 3.56. The maximum atomic E-state index is 13.1. The Bertz CT molecular complexity index is 878. The van der Waals surface area contributed by atoms with Crippen LogP contribution in [0.3, 0.4) is 0 Å². The molecular weight excluding hydrogens is 386 g/mol. The van der Waals surface area contributed by atoms with Crippen molar-refractivity contribution >= 4 is 29.3 Å². The van der Waals surface area contributed by atoms with Crippen molar-refractivity contribution in [1.82, 2.24) is 20.4 Å². The van der Waals surface area contributed by atoms with E-state index in [0.29, 0.717) is 29.4 Å². The number of nitrogens with one attached hydrogen (secondary N) is 3. The highest BCUT2D eigenvalue weighted by molar-refractivity contribution is 6.25. The number of likely N-dealkylation sites (tertiary alicyclic amines) is 1. The first-order chi connectivity index (χ1) is 14.5. The van der Waals surface area contributed by atoms with Crippen LogP contribution in [0.15, 0.2) is 18.2 Å². The fraction of sp³-hybridized carbons (Fsp3) is 0.524. The number of hydrogen-bond donors (Lipinski definition) is 3. The van der Waals surface area contributed by atoms with Crippen LogP contribution in [-0.4, -0.2) is 78.7 Å². The Balaban J connectivity index is 1.43. The van der Waals surface area contributed by atoms with Gasteiger partial charge < -0.3 is 15.5 Å². The van der Waals surface area contributed by atoms with Crippen LogP contribution in [0.2, 0.25) is 0 Å². The molecule has 3 N–H and O–H groups in total. The molecule has 1 atom stereocenters. The van der Waals surface area contributed by atoms with Crippen LogP contribution in [0.25, 0.3) is 0 Å². The van der Waals surface area contributed by atoms with Gasteiger partial charge in [-0.2, -0.15) is 0 Å². The first-order valence-electron chi connectivity index (χ1n) is 10.5. The lowest BCUT2D eigenvalue weighted by molar-refractivity contribution is -0.136. The van der Waals surface area contributed by atoms with Crippen molar-refractivity contribution in [1.29, 1.82) is 0 Å². The van der Waals surface area contributed by atoms with Crippen molar-refractivity contribution in [2.24, 2.45) is 0 Å². The van der Waals surface area contributed by atoms with Gasteiger partial charge in [0.25, 0.3) is 11.8 Å². The van der Waals surface area contributed by atoms with Gasteiger partial charge in [0.2, 0.25) is 11.8 Å². The molecule has 0 aliphatic carbocycles. The summed E-state index contributed by atoms with van der Waals surface area (Å²) in [4.78, 5) is 52.9. The Labute approximate surface area is 175 Å². The van der Waals surface area contributed by atoms with Gasteiger partial charge in [0.05, 0.1) is 11.1 Å². The van der Waals surface area contributed by atoms with Crippen LogP contribution in [0, 0.1) is 0 Å². The molecule has 3 heterocycles. The van der Waals surface area contributed by atoms with Gasteiger partial charge in [-0.25, -0.2) is 0 Å². The molecule has 30 heavy (non-hydrogen) atoms. The monoisotopic (exact) mass is 413 g/mol. The number of piperidine rings is 2. The summed E-state index contributed by atoms with van der Waals surface area (Å²) in [5.74, 6) is -1.95. The van der Waals surface area contributed by atoms with Crippen LogP contribution in [-0.2, 0) is 9.59 Å². The largest absolute Gasteiger partial charge is 0.383 e. The van der Waals surface area contributed by atoms with Crippen molar-refractivity contribution in [3.8, 4) is 0 Å². The van der Waals surface area contributed by atoms with E-state index in [1.165, 1.54) is 0 Å². The number of nitrogens with zero attached hydrogens (tertiary/aromatic N) is 2. The number of amides is 4. The minimum atomic E-state index is -0.948. The van der Waals surface area contributed by atoms with E-state index in [0.717, 1.165) is 37.4 Å². The van der Waals surface area contributed by atoms with Crippen molar-refractivity contribution in [2.75, 3.05) is 38.5 Å². The number of anilines is 1. The third kappa shape index (κ3) is 3.82. The van der Waals surface area contributed by atoms with Gasteiger partial charge in [-0.1, -0.05) is 6.07 Å². The minimum absolute atomic E-state index is 0.110. The SMILES string of the molecule is CNC1CCN(CCNc2cccc3c2C(=O)N(C2CCC(=O)NC2=O)C3=O)CC1. The molecule has 1 aromatic carbocycles. The third-order valence-electron chi connectivity index (χ3n) is 6.21. The van der Waals surface area contributed by atoms with Crippen LogP contribution in [0.4, 0.5) is 5.69 Å². The van der Waals surface area contributed by atoms with E-state index < -0.39 is 23.8 Å².